The van der Waals surface area contributed by atoms with Crippen molar-refractivity contribution in [2.45, 2.75) is 19.4 Å². The highest BCUT2D eigenvalue weighted by atomic mass is 35.5. The molecule has 0 saturated carbocycles. The van der Waals surface area contributed by atoms with Gasteiger partial charge in [0.15, 0.2) is 0 Å². The lowest BCUT2D eigenvalue weighted by Crippen LogP contribution is -2.10. The smallest absolute Gasteiger partial charge is 0.146 e. The number of anilines is 1. The summed E-state index contributed by atoms with van der Waals surface area (Å²) < 4.78 is 13.7. The summed E-state index contributed by atoms with van der Waals surface area (Å²) in [5.41, 5.74) is 1.37. The first-order valence-electron chi connectivity index (χ1n) is 6.10. The molecule has 0 saturated heterocycles. The van der Waals surface area contributed by atoms with Crippen LogP contribution in [0.25, 0.3) is 0 Å². The molecule has 2 aromatic carbocycles. The van der Waals surface area contributed by atoms with Crippen LogP contribution in [0.15, 0.2) is 42.5 Å². The standard InChI is InChI=1S/C15H15ClFNO/c1-2-14(10-3-6-12(19)7-4-10)18-15-9-11(16)5-8-13(15)17/h3-9,14,18-19H,2H2,1H3. The molecule has 0 spiro atoms. The van der Waals surface area contributed by atoms with Crippen molar-refractivity contribution in [3.8, 4) is 5.75 Å². The van der Waals surface area contributed by atoms with Gasteiger partial charge < -0.3 is 10.4 Å². The van der Waals surface area contributed by atoms with Crippen LogP contribution >= 0.6 is 11.6 Å². The van der Waals surface area contributed by atoms with Crippen LogP contribution in [-0.2, 0) is 0 Å². The molecule has 100 valence electrons. The van der Waals surface area contributed by atoms with Crippen molar-refractivity contribution in [1.82, 2.24) is 0 Å². The average Bonchev–Trinajstić information content (AvgIpc) is 2.41. The van der Waals surface area contributed by atoms with Gasteiger partial charge >= 0.3 is 0 Å². The predicted octanol–water partition coefficient (Wildman–Crippen LogP) is 4.75. The second-order valence-electron chi connectivity index (χ2n) is 4.32. The topological polar surface area (TPSA) is 32.3 Å². The van der Waals surface area contributed by atoms with Crippen molar-refractivity contribution in [1.29, 1.82) is 0 Å². The zero-order chi connectivity index (χ0) is 13.8. The number of halogens is 2. The highest BCUT2D eigenvalue weighted by Gasteiger charge is 2.12. The molecule has 1 atom stereocenters. The number of hydrogen-bond acceptors (Lipinski definition) is 2. The Balaban J connectivity index is 2.23. The molecule has 0 aromatic heterocycles. The zero-order valence-electron chi connectivity index (χ0n) is 10.5. The van der Waals surface area contributed by atoms with E-state index in [0.29, 0.717) is 10.7 Å². The maximum atomic E-state index is 13.7. The van der Waals surface area contributed by atoms with E-state index in [-0.39, 0.29) is 17.6 Å². The predicted molar refractivity (Wildman–Crippen MR) is 76.2 cm³/mol. The summed E-state index contributed by atoms with van der Waals surface area (Å²) >= 11 is 5.87. The van der Waals surface area contributed by atoms with Gasteiger partial charge in [-0.1, -0.05) is 30.7 Å². The average molecular weight is 280 g/mol. The highest BCUT2D eigenvalue weighted by Crippen LogP contribution is 2.27. The van der Waals surface area contributed by atoms with Gasteiger partial charge in [-0.3, -0.25) is 0 Å². The van der Waals surface area contributed by atoms with Gasteiger partial charge in [-0.15, -0.1) is 0 Å². The van der Waals surface area contributed by atoms with Gasteiger partial charge in [-0.25, -0.2) is 4.39 Å². The van der Waals surface area contributed by atoms with Gasteiger partial charge in [0.25, 0.3) is 0 Å². The monoisotopic (exact) mass is 279 g/mol. The summed E-state index contributed by atoms with van der Waals surface area (Å²) in [7, 11) is 0. The van der Waals surface area contributed by atoms with Crippen LogP contribution in [-0.4, -0.2) is 5.11 Å². The first-order valence-corrected chi connectivity index (χ1v) is 6.48. The molecule has 0 fully saturated rings. The first kappa shape index (κ1) is 13.7. The number of phenols is 1. The third kappa shape index (κ3) is 3.38. The molecular formula is C15H15ClFNO. The summed E-state index contributed by atoms with van der Waals surface area (Å²) in [4.78, 5) is 0. The van der Waals surface area contributed by atoms with Crippen LogP contribution in [0.1, 0.15) is 24.9 Å². The molecule has 2 nitrogen and oxygen atoms in total. The third-order valence-corrected chi connectivity index (χ3v) is 3.20. The Morgan fingerprint density at radius 3 is 2.53 bits per heavy atom. The quantitative estimate of drug-likeness (QED) is 0.846. The summed E-state index contributed by atoms with van der Waals surface area (Å²) in [6, 6.07) is 11.3. The maximum absolute atomic E-state index is 13.7. The van der Waals surface area contributed by atoms with Gasteiger partial charge in [0, 0.05) is 5.02 Å². The third-order valence-electron chi connectivity index (χ3n) is 2.96. The molecule has 0 bridgehead atoms. The zero-order valence-corrected chi connectivity index (χ0v) is 11.3. The van der Waals surface area contributed by atoms with Crippen molar-refractivity contribution >= 4 is 17.3 Å². The van der Waals surface area contributed by atoms with Crippen molar-refractivity contribution in [2.24, 2.45) is 0 Å². The summed E-state index contributed by atoms with van der Waals surface area (Å²) in [6.45, 7) is 2.01. The Kier molecular flexibility index (Phi) is 4.27. The van der Waals surface area contributed by atoms with Crippen molar-refractivity contribution in [3.05, 3.63) is 58.9 Å². The Morgan fingerprint density at radius 1 is 1.21 bits per heavy atom. The minimum absolute atomic E-state index is 0.0337. The van der Waals surface area contributed by atoms with E-state index in [1.165, 1.54) is 12.1 Å². The van der Waals surface area contributed by atoms with Crippen LogP contribution < -0.4 is 5.32 Å². The van der Waals surface area contributed by atoms with E-state index < -0.39 is 0 Å². The summed E-state index contributed by atoms with van der Waals surface area (Å²) in [6.07, 6.45) is 0.788. The minimum atomic E-state index is -0.332. The van der Waals surface area contributed by atoms with E-state index in [1.54, 1.807) is 18.2 Å². The highest BCUT2D eigenvalue weighted by molar-refractivity contribution is 6.30. The lowest BCUT2D eigenvalue weighted by atomic mass is 10.0. The van der Waals surface area contributed by atoms with Crippen LogP contribution in [0.3, 0.4) is 0 Å². The number of nitrogens with one attached hydrogen (secondary N) is 1. The molecular weight excluding hydrogens is 265 g/mol. The fraction of sp³-hybridized carbons (Fsp3) is 0.200. The fourth-order valence-corrected chi connectivity index (χ4v) is 2.10. The molecule has 0 amide bonds. The van der Waals surface area contributed by atoms with E-state index in [1.807, 2.05) is 19.1 Å². The molecule has 0 heterocycles. The molecule has 2 N–H and O–H groups in total. The second-order valence-corrected chi connectivity index (χ2v) is 4.76. The van der Waals surface area contributed by atoms with Crippen LogP contribution in [0.5, 0.6) is 5.75 Å². The largest absolute Gasteiger partial charge is 0.508 e. The summed E-state index contributed by atoms with van der Waals surface area (Å²) in [5, 5.41) is 12.9. The van der Waals surface area contributed by atoms with Gasteiger partial charge in [-0.2, -0.15) is 0 Å². The normalized spacial score (nSPS) is 12.2. The Labute approximate surface area is 116 Å². The molecule has 0 radical (unpaired) electrons. The first-order chi connectivity index (χ1) is 9.10. The van der Waals surface area contributed by atoms with Gasteiger partial charge in [-0.05, 0) is 42.3 Å². The Bertz CT molecular complexity index is 557. The van der Waals surface area contributed by atoms with Crippen LogP contribution in [0, 0.1) is 5.82 Å². The SMILES string of the molecule is CCC(Nc1cc(Cl)ccc1F)c1ccc(O)cc1. The van der Waals surface area contributed by atoms with E-state index in [2.05, 4.69) is 5.32 Å². The van der Waals surface area contributed by atoms with Gasteiger partial charge in [0.2, 0.25) is 0 Å². The lowest BCUT2D eigenvalue weighted by Gasteiger charge is -2.19. The van der Waals surface area contributed by atoms with E-state index in [4.69, 9.17) is 11.6 Å². The molecule has 0 aliphatic carbocycles. The molecule has 2 rings (SSSR count). The van der Waals surface area contributed by atoms with E-state index in [0.717, 1.165) is 12.0 Å². The maximum Gasteiger partial charge on any atom is 0.146 e. The molecule has 0 aliphatic rings. The van der Waals surface area contributed by atoms with Gasteiger partial charge in [0.05, 0.1) is 11.7 Å². The number of rotatable bonds is 4. The Hall–Kier alpha value is -1.74. The van der Waals surface area contributed by atoms with E-state index >= 15 is 0 Å². The number of aromatic hydroxyl groups is 1. The van der Waals surface area contributed by atoms with E-state index in [9.17, 15) is 9.50 Å². The molecule has 1 unspecified atom stereocenters. The second kappa shape index (κ2) is 5.93. The summed E-state index contributed by atoms with van der Waals surface area (Å²) in [5.74, 6) is -0.117. The molecule has 19 heavy (non-hydrogen) atoms. The van der Waals surface area contributed by atoms with Crippen molar-refractivity contribution in [2.75, 3.05) is 5.32 Å². The lowest BCUT2D eigenvalue weighted by molar-refractivity contribution is 0.475. The fourth-order valence-electron chi connectivity index (χ4n) is 1.92. The molecule has 4 heteroatoms. The van der Waals surface area contributed by atoms with Gasteiger partial charge in [0.1, 0.15) is 11.6 Å². The number of hydrogen-bond donors (Lipinski definition) is 2. The number of benzene rings is 2. The van der Waals surface area contributed by atoms with Crippen molar-refractivity contribution < 1.29 is 9.50 Å². The minimum Gasteiger partial charge on any atom is -0.508 e. The van der Waals surface area contributed by atoms with Crippen LogP contribution in [0.2, 0.25) is 5.02 Å². The Morgan fingerprint density at radius 2 is 1.89 bits per heavy atom. The number of phenolic OH excluding ortho intramolecular Hbond substituents is 1. The molecule has 0 aliphatic heterocycles. The van der Waals surface area contributed by atoms with Crippen LogP contribution in [0.4, 0.5) is 10.1 Å². The molecule has 2 aromatic rings. The van der Waals surface area contributed by atoms with Crippen molar-refractivity contribution in [3.63, 3.8) is 0 Å².